The van der Waals surface area contributed by atoms with Crippen LogP contribution in [0.25, 0.3) is 5.57 Å². The minimum absolute atomic E-state index is 0.0763. The molecule has 216 valence electrons. The zero-order valence-corrected chi connectivity index (χ0v) is 23.9. The molecule has 3 rings (SSSR count). The predicted octanol–water partition coefficient (Wildman–Crippen LogP) is 4.58. The van der Waals surface area contributed by atoms with Crippen LogP contribution in [-0.2, 0) is 16.0 Å². The summed E-state index contributed by atoms with van der Waals surface area (Å²) >= 11 is 0. The van der Waals surface area contributed by atoms with E-state index in [-0.39, 0.29) is 34.6 Å². The van der Waals surface area contributed by atoms with Crippen LogP contribution in [0, 0.1) is 6.92 Å². The number of benzene rings is 3. The van der Waals surface area contributed by atoms with Crippen LogP contribution in [0.5, 0.6) is 34.5 Å². The van der Waals surface area contributed by atoms with Gasteiger partial charge in [0.25, 0.3) is 0 Å². The van der Waals surface area contributed by atoms with Gasteiger partial charge in [0, 0.05) is 41.3 Å². The van der Waals surface area contributed by atoms with E-state index in [1.54, 1.807) is 31.2 Å². The van der Waals surface area contributed by atoms with Crippen LogP contribution in [-0.4, -0.2) is 65.3 Å². The number of hydrogen-bond acceptors (Lipinski definition) is 9. The lowest BCUT2D eigenvalue weighted by Gasteiger charge is -2.18. The topological polar surface area (TPSA) is 127 Å². The molecule has 0 unspecified atom stereocenters. The predicted molar refractivity (Wildman–Crippen MR) is 151 cm³/mol. The first-order chi connectivity index (χ1) is 19.6. The van der Waals surface area contributed by atoms with Crippen molar-refractivity contribution in [3.05, 3.63) is 76.4 Å². The number of carboxylic acid groups (broad SMARTS) is 1. The van der Waals surface area contributed by atoms with E-state index in [0.29, 0.717) is 34.1 Å². The average molecular weight is 565 g/mol. The summed E-state index contributed by atoms with van der Waals surface area (Å²) in [5.41, 5.74) is 0.436. The summed E-state index contributed by atoms with van der Waals surface area (Å²) in [7, 11) is 8.62. The van der Waals surface area contributed by atoms with Crippen molar-refractivity contribution in [1.29, 1.82) is 0 Å². The molecule has 0 fully saturated rings. The number of aryl methyl sites for hydroxylation is 1. The van der Waals surface area contributed by atoms with Gasteiger partial charge < -0.3 is 33.5 Å². The molecule has 0 atom stereocenters. The minimum atomic E-state index is -1.44. The third kappa shape index (κ3) is 6.60. The van der Waals surface area contributed by atoms with Crippen molar-refractivity contribution in [3.8, 4) is 34.5 Å². The first-order valence-electron chi connectivity index (χ1n) is 12.3. The molecule has 0 aromatic heterocycles. The Morgan fingerprint density at radius 1 is 0.634 bits per heavy atom. The summed E-state index contributed by atoms with van der Waals surface area (Å²) in [5, 5.41) is 10.4. The van der Waals surface area contributed by atoms with Crippen molar-refractivity contribution < 1.29 is 47.9 Å². The molecule has 1 N–H and O–H groups in total. The fraction of sp³-hybridized carbons (Fsp3) is 0.258. The van der Waals surface area contributed by atoms with E-state index in [9.17, 15) is 19.5 Å². The SMILES string of the molecule is COc1cc(OC)cc(/C(C(=O)O)=C(\Cc2c(OC)cc(OC)cc2OC)C(=O)C(=O)c2ccc(OC)c(C)c2)c1. The monoisotopic (exact) mass is 564 g/mol. The van der Waals surface area contributed by atoms with Gasteiger partial charge in [-0.2, -0.15) is 0 Å². The molecule has 3 aromatic carbocycles. The summed E-state index contributed by atoms with van der Waals surface area (Å²) in [6.45, 7) is 1.73. The largest absolute Gasteiger partial charge is 0.497 e. The summed E-state index contributed by atoms with van der Waals surface area (Å²) < 4.78 is 32.3. The molecule has 41 heavy (non-hydrogen) atoms. The van der Waals surface area contributed by atoms with Gasteiger partial charge in [0.15, 0.2) is 0 Å². The van der Waals surface area contributed by atoms with Crippen LogP contribution in [0.2, 0.25) is 0 Å². The second-order valence-corrected chi connectivity index (χ2v) is 8.79. The van der Waals surface area contributed by atoms with Crippen LogP contribution in [0.4, 0.5) is 0 Å². The number of allylic oxidation sites excluding steroid dienone is 1. The van der Waals surface area contributed by atoms with Gasteiger partial charge in [-0.05, 0) is 48.4 Å². The molecule has 0 saturated carbocycles. The van der Waals surface area contributed by atoms with Gasteiger partial charge in [-0.1, -0.05) is 0 Å². The van der Waals surface area contributed by atoms with E-state index in [0.717, 1.165) is 0 Å². The van der Waals surface area contributed by atoms with E-state index in [2.05, 4.69) is 0 Å². The van der Waals surface area contributed by atoms with Crippen molar-refractivity contribution in [2.24, 2.45) is 0 Å². The molecule has 3 aromatic rings. The van der Waals surface area contributed by atoms with Gasteiger partial charge in [0.2, 0.25) is 11.6 Å². The van der Waals surface area contributed by atoms with Crippen LogP contribution in [0.3, 0.4) is 0 Å². The van der Waals surface area contributed by atoms with E-state index in [4.69, 9.17) is 28.4 Å². The highest BCUT2D eigenvalue weighted by Crippen LogP contribution is 2.38. The lowest BCUT2D eigenvalue weighted by Crippen LogP contribution is -2.22. The smallest absolute Gasteiger partial charge is 0.336 e. The Balaban J connectivity index is 2.35. The Bertz CT molecular complexity index is 1460. The van der Waals surface area contributed by atoms with Gasteiger partial charge in [-0.25, -0.2) is 4.79 Å². The minimum Gasteiger partial charge on any atom is -0.497 e. The number of aliphatic carboxylic acids is 1. The first-order valence-corrected chi connectivity index (χ1v) is 12.3. The molecule has 0 radical (unpaired) electrons. The molecule has 0 aliphatic carbocycles. The first kappa shape index (κ1) is 30.6. The van der Waals surface area contributed by atoms with Crippen molar-refractivity contribution in [2.75, 3.05) is 42.7 Å². The van der Waals surface area contributed by atoms with E-state index in [1.807, 2.05) is 0 Å². The van der Waals surface area contributed by atoms with Crippen molar-refractivity contribution in [1.82, 2.24) is 0 Å². The second-order valence-electron chi connectivity index (χ2n) is 8.79. The van der Waals surface area contributed by atoms with Crippen LogP contribution in [0.1, 0.15) is 27.0 Å². The van der Waals surface area contributed by atoms with E-state index in [1.165, 1.54) is 66.9 Å². The third-order valence-electron chi connectivity index (χ3n) is 6.46. The Labute approximate surface area is 238 Å². The van der Waals surface area contributed by atoms with Crippen LogP contribution >= 0.6 is 0 Å². The highest BCUT2D eigenvalue weighted by atomic mass is 16.5. The van der Waals surface area contributed by atoms with Crippen molar-refractivity contribution in [2.45, 2.75) is 13.3 Å². The molecule has 10 nitrogen and oxygen atoms in total. The number of carbonyl (C=O) groups is 3. The number of methoxy groups -OCH3 is 6. The molecule has 0 spiro atoms. The number of carboxylic acids is 1. The molecule has 0 saturated heterocycles. The molecule has 0 bridgehead atoms. The summed E-state index contributed by atoms with van der Waals surface area (Å²) in [4.78, 5) is 40.4. The normalized spacial score (nSPS) is 11.2. The van der Waals surface area contributed by atoms with Gasteiger partial charge in [0.05, 0.1) is 48.2 Å². The van der Waals surface area contributed by atoms with E-state index >= 15 is 0 Å². The van der Waals surface area contributed by atoms with Crippen LogP contribution < -0.4 is 28.4 Å². The Morgan fingerprint density at radius 2 is 1.15 bits per heavy atom. The van der Waals surface area contributed by atoms with Gasteiger partial charge in [-0.15, -0.1) is 0 Å². The number of ketones is 2. The molecule has 0 amide bonds. The van der Waals surface area contributed by atoms with Crippen molar-refractivity contribution in [3.63, 3.8) is 0 Å². The summed E-state index contributed by atoms with van der Waals surface area (Å²) in [6.07, 6.45) is -0.322. The maximum Gasteiger partial charge on any atom is 0.336 e. The van der Waals surface area contributed by atoms with Gasteiger partial charge >= 0.3 is 5.97 Å². The average Bonchev–Trinajstić information content (AvgIpc) is 2.99. The highest BCUT2D eigenvalue weighted by Gasteiger charge is 2.31. The Kier molecular flexibility index (Phi) is 9.97. The zero-order chi connectivity index (χ0) is 30.3. The number of carbonyl (C=O) groups excluding carboxylic acids is 2. The lowest BCUT2D eigenvalue weighted by molar-refractivity contribution is -0.130. The second kappa shape index (κ2) is 13.4. The van der Waals surface area contributed by atoms with Crippen LogP contribution in [0.15, 0.2) is 54.1 Å². The fourth-order valence-corrected chi connectivity index (χ4v) is 4.38. The number of ether oxygens (including phenoxy) is 6. The fourth-order valence-electron chi connectivity index (χ4n) is 4.38. The quantitative estimate of drug-likeness (QED) is 0.179. The summed E-state index contributed by atoms with van der Waals surface area (Å²) in [6, 6.07) is 12.1. The molecular weight excluding hydrogens is 532 g/mol. The molecule has 10 heteroatoms. The molecule has 0 aliphatic heterocycles. The standard InChI is InChI=1S/C31H32O10/c1-17-10-18(8-9-25(17)39-5)29(32)30(33)24(16-23-26(40-6)14-22(38-4)15-27(23)41-7)28(31(34)35)19-11-20(36-2)13-21(12-19)37-3/h8-15H,16H2,1-7H3,(H,34,35)/b28-24-. The van der Waals surface area contributed by atoms with Gasteiger partial charge in [0.1, 0.15) is 34.5 Å². The molecule has 0 aliphatic rings. The van der Waals surface area contributed by atoms with E-state index < -0.39 is 23.1 Å². The highest BCUT2D eigenvalue weighted by molar-refractivity contribution is 6.51. The molecular formula is C31H32O10. The van der Waals surface area contributed by atoms with Gasteiger partial charge in [-0.3, -0.25) is 9.59 Å². The summed E-state index contributed by atoms with van der Waals surface area (Å²) in [5.74, 6) is -1.27. The Morgan fingerprint density at radius 3 is 1.59 bits per heavy atom. The maximum atomic E-state index is 14.0. The zero-order valence-electron chi connectivity index (χ0n) is 23.9. The molecule has 0 heterocycles. The maximum absolute atomic E-state index is 14.0. The van der Waals surface area contributed by atoms with Crippen molar-refractivity contribution >= 4 is 23.1 Å². The Hall–Kier alpha value is -4.99. The third-order valence-corrected chi connectivity index (χ3v) is 6.46. The number of rotatable bonds is 13. The number of hydrogen-bond donors (Lipinski definition) is 1. The number of Topliss-reactive ketones (excluding diaryl/α,β-unsaturated/α-hetero) is 2. The lowest BCUT2D eigenvalue weighted by atomic mass is 9.88.